The van der Waals surface area contributed by atoms with E-state index in [-0.39, 0.29) is 29.8 Å². The molecule has 0 unspecified atom stereocenters. The minimum atomic E-state index is -0.430. The Labute approximate surface area is 179 Å². The van der Waals surface area contributed by atoms with Gasteiger partial charge in [0.1, 0.15) is 5.75 Å². The Morgan fingerprint density at radius 2 is 1.47 bits per heavy atom. The van der Waals surface area contributed by atoms with Crippen LogP contribution in [0.15, 0.2) is 42.5 Å². The van der Waals surface area contributed by atoms with Crippen molar-refractivity contribution in [3.8, 4) is 5.75 Å². The second-order valence-corrected chi connectivity index (χ2v) is 9.61. The van der Waals surface area contributed by atoms with Crippen LogP contribution in [0.25, 0.3) is 0 Å². The molecule has 0 aromatic heterocycles. The van der Waals surface area contributed by atoms with E-state index in [0.717, 1.165) is 16.7 Å². The number of hydrogen-bond acceptors (Lipinski definition) is 4. The van der Waals surface area contributed by atoms with E-state index in [9.17, 15) is 14.7 Å². The van der Waals surface area contributed by atoms with Crippen LogP contribution in [-0.2, 0) is 31.6 Å². The maximum Gasteiger partial charge on any atom is 0.306 e. The highest BCUT2D eigenvalue weighted by molar-refractivity contribution is 5.92. The number of phenols is 1. The van der Waals surface area contributed by atoms with Gasteiger partial charge in [0.2, 0.25) is 0 Å². The van der Waals surface area contributed by atoms with Crippen molar-refractivity contribution in [3.05, 3.63) is 59.2 Å². The van der Waals surface area contributed by atoms with E-state index in [1.165, 1.54) is 0 Å². The number of carbonyl (C=O) groups is 2. The molecule has 0 heterocycles. The molecule has 1 amide bonds. The summed E-state index contributed by atoms with van der Waals surface area (Å²) in [5, 5.41) is 13.5. The Bertz CT molecular complexity index is 855. The first-order valence-electron chi connectivity index (χ1n) is 10.3. The molecule has 2 aromatic rings. The lowest BCUT2D eigenvalue weighted by atomic mass is 9.78. The Kier molecular flexibility index (Phi) is 7.30. The summed E-state index contributed by atoms with van der Waals surface area (Å²) < 4.78 is 5.12. The molecule has 2 aromatic carbocycles. The molecular weight excluding hydrogens is 378 g/mol. The van der Waals surface area contributed by atoms with Crippen molar-refractivity contribution in [1.29, 1.82) is 0 Å². The van der Waals surface area contributed by atoms with Gasteiger partial charge in [-0.2, -0.15) is 0 Å². The lowest BCUT2D eigenvalue weighted by Crippen LogP contribution is -2.21. The molecule has 0 atom stereocenters. The van der Waals surface area contributed by atoms with Crippen molar-refractivity contribution in [3.63, 3.8) is 0 Å². The van der Waals surface area contributed by atoms with Crippen molar-refractivity contribution in [1.82, 2.24) is 0 Å². The van der Waals surface area contributed by atoms with E-state index >= 15 is 0 Å². The second kappa shape index (κ2) is 9.33. The topological polar surface area (TPSA) is 75.6 Å². The predicted octanol–water partition coefficient (Wildman–Crippen LogP) is 5.10. The molecule has 0 aliphatic rings. The Morgan fingerprint density at radius 1 is 0.933 bits per heavy atom. The number of anilines is 1. The van der Waals surface area contributed by atoms with Gasteiger partial charge in [-0.3, -0.25) is 9.59 Å². The molecule has 0 fully saturated rings. The zero-order valence-electron chi connectivity index (χ0n) is 18.8. The number of amides is 1. The van der Waals surface area contributed by atoms with Crippen LogP contribution in [0, 0.1) is 0 Å². The van der Waals surface area contributed by atoms with Gasteiger partial charge in [0.05, 0.1) is 0 Å². The number of esters is 1. The molecule has 0 aliphatic heterocycles. The molecule has 0 saturated carbocycles. The highest BCUT2D eigenvalue weighted by Gasteiger charge is 2.26. The van der Waals surface area contributed by atoms with Crippen LogP contribution < -0.4 is 5.32 Å². The predicted molar refractivity (Wildman–Crippen MR) is 120 cm³/mol. The number of aromatic hydroxyl groups is 1. The van der Waals surface area contributed by atoms with E-state index in [0.29, 0.717) is 17.9 Å². The standard InChI is InChI=1S/C25H33NO4/c1-24(2,3)19-14-17(15-20(23(19)29)25(4,5)6)12-13-22(28)30-16-21(27)26-18-10-8-7-9-11-18/h7-11,14-15,29H,12-13,16H2,1-6H3,(H,26,27). The minimum absolute atomic E-state index is 0.163. The van der Waals surface area contributed by atoms with E-state index in [1.54, 1.807) is 12.1 Å². The Morgan fingerprint density at radius 3 is 1.97 bits per heavy atom. The fourth-order valence-electron chi connectivity index (χ4n) is 3.17. The lowest BCUT2D eigenvalue weighted by Gasteiger charge is -2.28. The third-order valence-electron chi connectivity index (χ3n) is 4.83. The van der Waals surface area contributed by atoms with Crippen molar-refractivity contribution >= 4 is 17.6 Å². The molecule has 162 valence electrons. The first-order chi connectivity index (χ1) is 13.9. The van der Waals surface area contributed by atoms with E-state index in [2.05, 4.69) is 46.9 Å². The van der Waals surface area contributed by atoms with Crippen LogP contribution in [0.1, 0.15) is 64.7 Å². The van der Waals surface area contributed by atoms with Crippen LogP contribution in [-0.4, -0.2) is 23.6 Å². The van der Waals surface area contributed by atoms with Crippen molar-refractivity contribution in [2.45, 2.75) is 65.2 Å². The summed E-state index contributed by atoms with van der Waals surface area (Å²) in [5.41, 5.74) is 2.90. The molecule has 2 rings (SSSR count). The summed E-state index contributed by atoms with van der Waals surface area (Å²) in [6, 6.07) is 12.9. The van der Waals surface area contributed by atoms with Gasteiger partial charge < -0.3 is 15.2 Å². The number of carbonyl (C=O) groups excluding carboxylic acids is 2. The van der Waals surface area contributed by atoms with Gasteiger partial charge in [0.25, 0.3) is 5.91 Å². The normalized spacial score (nSPS) is 11.8. The van der Waals surface area contributed by atoms with Gasteiger partial charge in [-0.1, -0.05) is 71.9 Å². The number of para-hydroxylation sites is 1. The quantitative estimate of drug-likeness (QED) is 0.648. The highest BCUT2D eigenvalue weighted by Crippen LogP contribution is 2.39. The second-order valence-electron chi connectivity index (χ2n) is 9.61. The van der Waals surface area contributed by atoms with Gasteiger partial charge in [0, 0.05) is 12.1 Å². The van der Waals surface area contributed by atoms with Gasteiger partial charge in [-0.25, -0.2) is 0 Å². The van der Waals surface area contributed by atoms with Crippen LogP contribution in [0.4, 0.5) is 5.69 Å². The molecule has 0 radical (unpaired) electrons. The number of benzene rings is 2. The maximum atomic E-state index is 12.2. The van der Waals surface area contributed by atoms with Gasteiger partial charge in [-0.15, -0.1) is 0 Å². The first kappa shape index (κ1) is 23.5. The molecule has 0 saturated heterocycles. The zero-order valence-corrected chi connectivity index (χ0v) is 18.8. The molecule has 30 heavy (non-hydrogen) atoms. The smallest absolute Gasteiger partial charge is 0.306 e. The number of phenolic OH excluding ortho intramolecular Hbond substituents is 1. The molecule has 0 spiro atoms. The number of rotatable bonds is 6. The summed E-state index contributed by atoms with van der Waals surface area (Å²) in [6.07, 6.45) is 0.641. The average Bonchev–Trinajstić information content (AvgIpc) is 2.64. The van der Waals surface area contributed by atoms with Crippen LogP contribution >= 0.6 is 0 Å². The SMILES string of the molecule is CC(C)(C)c1cc(CCC(=O)OCC(=O)Nc2ccccc2)cc(C(C)(C)C)c1O. The number of ether oxygens (including phenoxy) is 1. The molecular formula is C25H33NO4. The number of hydrogen-bond donors (Lipinski definition) is 2. The third kappa shape index (κ3) is 6.61. The van der Waals surface area contributed by atoms with Gasteiger partial charge >= 0.3 is 5.97 Å². The molecule has 5 nitrogen and oxygen atoms in total. The summed E-state index contributed by atoms with van der Waals surface area (Å²) in [4.78, 5) is 24.1. The fraction of sp³-hybridized carbons (Fsp3) is 0.440. The van der Waals surface area contributed by atoms with E-state index in [4.69, 9.17) is 4.74 Å². The number of aryl methyl sites for hydroxylation is 1. The van der Waals surface area contributed by atoms with Gasteiger partial charge in [-0.05, 0) is 46.1 Å². The van der Waals surface area contributed by atoms with Crippen LogP contribution in [0.3, 0.4) is 0 Å². The van der Waals surface area contributed by atoms with Crippen molar-refractivity contribution < 1.29 is 19.4 Å². The van der Waals surface area contributed by atoms with Crippen molar-refractivity contribution in [2.75, 3.05) is 11.9 Å². The monoisotopic (exact) mass is 411 g/mol. The molecule has 5 heteroatoms. The molecule has 0 bridgehead atoms. The van der Waals surface area contributed by atoms with Crippen LogP contribution in [0.5, 0.6) is 5.75 Å². The third-order valence-corrected chi connectivity index (χ3v) is 4.83. The Hall–Kier alpha value is -2.82. The molecule has 2 N–H and O–H groups in total. The first-order valence-corrected chi connectivity index (χ1v) is 10.3. The summed E-state index contributed by atoms with van der Waals surface area (Å²) in [6.45, 7) is 12.0. The zero-order chi connectivity index (χ0) is 22.5. The van der Waals surface area contributed by atoms with Crippen molar-refractivity contribution in [2.24, 2.45) is 0 Å². The summed E-state index contributed by atoms with van der Waals surface area (Å²) in [7, 11) is 0. The average molecular weight is 412 g/mol. The summed E-state index contributed by atoms with van der Waals surface area (Å²) >= 11 is 0. The Balaban J connectivity index is 2.00. The van der Waals surface area contributed by atoms with Gasteiger partial charge in [0.15, 0.2) is 6.61 Å². The minimum Gasteiger partial charge on any atom is -0.507 e. The molecule has 0 aliphatic carbocycles. The van der Waals surface area contributed by atoms with Crippen LogP contribution in [0.2, 0.25) is 0 Å². The summed E-state index contributed by atoms with van der Waals surface area (Å²) in [5.74, 6) is -0.482. The number of nitrogens with one attached hydrogen (secondary N) is 1. The highest BCUT2D eigenvalue weighted by atomic mass is 16.5. The van der Waals surface area contributed by atoms with E-state index in [1.807, 2.05) is 30.3 Å². The van der Waals surface area contributed by atoms with E-state index < -0.39 is 5.97 Å². The maximum absolute atomic E-state index is 12.2. The fourth-order valence-corrected chi connectivity index (χ4v) is 3.17. The largest absolute Gasteiger partial charge is 0.507 e. The lowest BCUT2D eigenvalue weighted by molar-refractivity contribution is -0.147.